The monoisotopic (exact) mass is 839 g/mol. The summed E-state index contributed by atoms with van der Waals surface area (Å²) in [5.74, 6) is 0. The van der Waals surface area contributed by atoms with Gasteiger partial charge in [0.25, 0.3) is 0 Å². The van der Waals surface area contributed by atoms with Crippen molar-refractivity contribution < 1.29 is 0 Å². The SMILES string of the molecule is c1ccc(-c2cccc(-c3ccccc3N(c3ccccc3-c3cccc(-c4cccc5ccccc45)c3)c3cccc4c3-c3ccccc3C4(c3ccccc3)c3ccccc3)c2)cc1. The van der Waals surface area contributed by atoms with Gasteiger partial charge in [0, 0.05) is 16.7 Å². The molecule has 12 rings (SSSR count). The van der Waals surface area contributed by atoms with E-state index in [1.165, 1.54) is 66.4 Å². The Morgan fingerprint density at radius 2 is 0.667 bits per heavy atom. The Bertz CT molecular complexity index is 3490. The Morgan fingerprint density at radius 3 is 1.33 bits per heavy atom. The van der Waals surface area contributed by atoms with Crippen LogP contribution in [0.1, 0.15) is 22.3 Å². The molecular weight excluding hydrogens is 795 g/mol. The molecule has 66 heavy (non-hydrogen) atoms. The van der Waals surface area contributed by atoms with Crippen molar-refractivity contribution in [2.45, 2.75) is 5.41 Å². The minimum atomic E-state index is -0.550. The number of fused-ring (bicyclic) bond motifs is 4. The second kappa shape index (κ2) is 16.6. The Hall–Kier alpha value is -8.52. The van der Waals surface area contributed by atoms with Gasteiger partial charge in [0.2, 0.25) is 0 Å². The maximum Gasteiger partial charge on any atom is 0.0714 e. The van der Waals surface area contributed by atoms with Gasteiger partial charge in [-0.2, -0.15) is 0 Å². The number of anilines is 3. The smallest absolute Gasteiger partial charge is 0.0714 e. The molecule has 0 unspecified atom stereocenters. The molecular formula is C65H45N. The first-order valence-electron chi connectivity index (χ1n) is 22.8. The Kier molecular flexibility index (Phi) is 9.81. The van der Waals surface area contributed by atoms with Gasteiger partial charge in [-0.1, -0.05) is 243 Å². The minimum absolute atomic E-state index is 0.550. The van der Waals surface area contributed by atoms with E-state index in [9.17, 15) is 0 Å². The molecule has 0 bridgehead atoms. The average molecular weight is 840 g/mol. The summed E-state index contributed by atoms with van der Waals surface area (Å²) in [6.07, 6.45) is 0. The molecule has 11 aromatic carbocycles. The van der Waals surface area contributed by atoms with Crippen LogP contribution in [0, 0.1) is 0 Å². The lowest BCUT2D eigenvalue weighted by atomic mass is 9.68. The van der Waals surface area contributed by atoms with E-state index in [0.717, 1.165) is 39.3 Å². The molecule has 1 heteroatoms. The van der Waals surface area contributed by atoms with E-state index >= 15 is 0 Å². The summed E-state index contributed by atoms with van der Waals surface area (Å²) in [7, 11) is 0. The zero-order valence-electron chi connectivity index (χ0n) is 36.4. The largest absolute Gasteiger partial charge is 0.309 e. The van der Waals surface area contributed by atoms with Crippen LogP contribution in [-0.4, -0.2) is 0 Å². The quantitative estimate of drug-likeness (QED) is 0.140. The molecule has 0 N–H and O–H groups in total. The molecule has 1 aliphatic carbocycles. The highest BCUT2D eigenvalue weighted by Gasteiger charge is 2.47. The molecule has 0 atom stereocenters. The van der Waals surface area contributed by atoms with Crippen molar-refractivity contribution in [2.75, 3.05) is 4.90 Å². The molecule has 0 aromatic heterocycles. The number of hydrogen-bond acceptors (Lipinski definition) is 1. The lowest BCUT2D eigenvalue weighted by molar-refractivity contribution is 0.768. The third-order valence-corrected chi connectivity index (χ3v) is 13.5. The highest BCUT2D eigenvalue weighted by Crippen LogP contribution is 2.60. The van der Waals surface area contributed by atoms with Crippen molar-refractivity contribution >= 4 is 27.8 Å². The average Bonchev–Trinajstić information content (AvgIpc) is 3.71. The summed E-state index contributed by atoms with van der Waals surface area (Å²) in [4.78, 5) is 2.55. The fourth-order valence-electron chi connectivity index (χ4n) is 10.7. The summed E-state index contributed by atoms with van der Waals surface area (Å²) in [5.41, 5.74) is 19.7. The van der Waals surface area contributed by atoms with Crippen molar-refractivity contribution in [3.05, 3.63) is 295 Å². The van der Waals surface area contributed by atoms with Gasteiger partial charge < -0.3 is 4.90 Å². The standard InChI is InChI=1S/C65H45N/c1-4-22-46(23-5-1)48-26-18-28-50(44-48)56-35-13-16-41-61(56)66(62-42-17-14-36-57(62)51-29-19-27-49(45-51)55-38-20-25-47-24-10-11-34-54(47)55)63-43-21-40-60-64(63)58-37-12-15-39-59(58)65(60,52-30-6-2-7-31-52)53-32-8-3-9-33-53/h1-45H. The summed E-state index contributed by atoms with van der Waals surface area (Å²) in [5, 5.41) is 2.48. The summed E-state index contributed by atoms with van der Waals surface area (Å²) >= 11 is 0. The van der Waals surface area contributed by atoms with Crippen LogP contribution in [0.5, 0.6) is 0 Å². The molecule has 0 amide bonds. The van der Waals surface area contributed by atoms with Crippen LogP contribution < -0.4 is 4.90 Å². The summed E-state index contributed by atoms with van der Waals surface area (Å²) in [6.45, 7) is 0. The molecule has 0 saturated carbocycles. The highest BCUT2D eigenvalue weighted by atomic mass is 15.2. The van der Waals surface area contributed by atoms with Crippen molar-refractivity contribution in [1.82, 2.24) is 0 Å². The number of rotatable bonds is 9. The third kappa shape index (κ3) is 6.47. The van der Waals surface area contributed by atoms with Crippen molar-refractivity contribution in [3.8, 4) is 55.6 Å². The number of hydrogen-bond donors (Lipinski definition) is 0. The van der Waals surface area contributed by atoms with E-state index in [4.69, 9.17) is 0 Å². The molecule has 0 radical (unpaired) electrons. The maximum absolute atomic E-state index is 2.55. The van der Waals surface area contributed by atoms with E-state index in [1.54, 1.807) is 0 Å². The van der Waals surface area contributed by atoms with Crippen LogP contribution in [0.15, 0.2) is 273 Å². The molecule has 310 valence electrons. The van der Waals surface area contributed by atoms with Crippen LogP contribution in [0.4, 0.5) is 17.1 Å². The van der Waals surface area contributed by atoms with Gasteiger partial charge in [-0.15, -0.1) is 0 Å². The molecule has 1 aliphatic rings. The fraction of sp³-hybridized carbons (Fsp3) is 0.0154. The van der Waals surface area contributed by atoms with E-state index in [2.05, 4.69) is 278 Å². The Balaban J connectivity index is 1.14. The van der Waals surface area contributed by atoms with Gasteiger partial charge in [-0.25, -0.2) is 0 Å². The summed E-state index contributed by atoms with van der Waals surface area (Å²) < 4.78 is 0. The zero-order chi connectivity index (χ0) is 43.9. The Labute approximate surface area is 387 Å². The topological polar surface area (TPSA) is 3.24 Å². The first kappa shape index (κ1) is 39.1. The van der Waals surface area contributed by atoms with Gasteiger partial charge >= 0.3 is 0 Å². The number of nitrogens with zero attached hydrogens (tertiary/aromatic N) is 1. The van der Waals surface area contributed by atoms with E-state index in [0.29, 0.717) is 0 Å². The van der Waals surface area contributed by atoms with Crippen molar-refractivity contribution in [2.24, 2.45) is 0 Å². The molecule has 1 nitrogen and oxygen atoms in total. The normalized spacial score (nSPS) is 12.4. The van der Waals surface area contributed by atoms with Gasteiger partial charge in [0.1, 0.15) is 0 Å². The van der Waals surface area contributed by atoms with Gasteiger partial charge in [0.15, 0.2) is 0 Å². The first-order valence-corrected chi connectivity index (χ1v) is 22.8. The molecule has 0 aliphatic heterocycles. The second-order valence-electron chi connectivity index (χ2n) is 17.2. The van der Waals surface area contributed by atoms with Gasteiger partial charge in [0.05, 0.1) is 22.5 Å². The number of para-hydroxylation sites is 2. The molecule has 0 saturated heterocycles. The van der Waals surface area contributed by atoms with Crippen LogP contribution >= 0.6 is 0 Å². The summed E-state index contributed by atoms with van der Waals surface area (Å²) in [6, 6.07) is 100. The van der Waals surface area contributed by atoms with Crippen LogP contribution in [0.3, 0.4) is 0 Å². The molecule has 0 spiro atoms. The van der Waals surface area contributed by atoms with Gasteiger partial charge in [-0.3, -0.25) is 0 Å². The fourth-order valence-corrected chi connectivity index (χ4v) is 10.7. The van der Waals surface area contributed by atoms with Gasteiger partial charge in [-0.05, 0) is 102 Å². The van der Waals surface area contributed by atoms with Crippen molar-refractivity contribution in [3.63, 3.8) is 0 Å². The number of benzene rings is 11. The van der Waals surface area contributed by atoms with E-state index in [-0.39, 0.29) is 0 Å². The predicted octanol–water partition coefficient (Wildman–Crippen LogP) is 17.3. The first-order chi connectivity index (χ1) is 32.8. The van der Waals surface area contributed by atoms with Crippen molar-refractivity contribution in [1.29, 1.82) is 0 Å². The maximum atomic E-state index is 2.55. The van der Waals surface area contributed by atoms with Crippen LogP contribution in [0.2, 0.25) is 0 Å². The molecule has 0 heterocycles. The van der Waals surface area contributed by atoms with Crippen LogP contribution in [0.25, 0.3) is 66.4 Å². The highest BCUT2D eigenvalue weighted by molar-refractivity contribution is 6.03. The lowest BCUT2D eigenvalue weighted by Crippen LogP contribution is -2.28. The Morgan fingerprint density at radius 1 is 0.258 bits per heavy atom. The predicted molar refractivity (Wildman–Crippen MR) is 278 cm³/mol. The minimum Gasteiger partial charge on any atom is -0.309 e. The molecule has 11 aromatic rings. The zero-order valence-corrected chi connectivity index (χ0v) is 36.4. The second-order valence-corrected chi connectivity index (χ2v) is 17.2. The lowest BCUT2D eigenvalue weighted by Gasteiger charge is -2.35. The molecule has 0 fully saturated rings. The van der Waals surface area contributed by atoms with Crippen LogP contribution in [-0.2, 0) is 5.41 Å². The van der Waals surface area contributed by atoms with E-state index in [1.807, 2.05) is 0 Å². The third-order valence-electron chi connectivity index (χ3n) is 13.5. The van der Waals surface area contributed by atoms with E-state index < -0.39 is 5.41 Å².